The number of morpholine rings is 1. The molecule has 1 aromatic carbocycles. The number of aryl methyl sites for hydroxylation is 1. The van der Waals surface area contributed by atoms with Crippen molar-refractivity contribution in [3.05, 3.63) is 54.1 Å². The monoisotopic (exact) mass is 382 g/mol. The van der Waals surface area contributed by atoms with Crippen LogP contribution in [-0.4, -0.2) is 64.1 Å². The van der Waals surface area contributed by atoms with Crippen LogP contribution < -0.4 is 0 Å². The average molecular weight is 383 g/mol. The molecule has 3 heterocycles. The number of benzene rings is 1. The van der Waals surface area contributed by atoms with Crippen molar-refractivity contribution in [1.82, 2.24) is 19.4 Å². The van der Waals surface area contributed by atoms with E-state index in [4.69, 9.17) is 4.74 Å². The third kappa shape index (κ3) is 4.62. The first-order valence-corrected chi connectivity index (χ1v) is 10.3. The number of likely N-dealkylation sites (tertiary alicyclic amines) is 1. The summed E-state index contributed by atoms with van der Waals surface area (Å²) in [6, 6.07) is 10.5. The van der Waals surface area contributed by atoms with Crippen LogP contribution in [-0.2, 0) is 23.1 Å². The molecule has 0 N–H and O–H groups in total. The number of rotatable bonds is 5. The highest BCUT2D eigenvalue weighted by molar-refractivity contribution is 5.76. The van der Waals surface area contributed by atoms with Crippen molar-refractivity contribution in [1.29, 1.82) is 0 Å². The van der Waals surface area contributed by atoms with Gasteiger partial charge in [-0.3, -0.25) is 9.69 Å². The fraction of sp³-hybridized carbons (Fsp3) is 0.545. The maximum Gasteiger partial charge on any atom is 0.225 e. The molecule has 6 nitrogen and oxygen atoms in total. The summed E-state index contributed by atoms with van der Waals surface area (Å²) in [4.78, 5) is 21.7. The number of ether oxygens (including phenoxy) is 1. The second-order valence-corrected chi connectivity index (χ2v) is 7.97. The normalized spacial score (nSPS) is 21.8. The van der Waals surface area contributed by atoms with Gasteiger partial charge in [-0.15, -0.1) is 0 Å². The topological polar surface area (TPSA) is 50.6 Å². The molecule has 1 amide bonds. The highest BCUT2D eigenvalue weighted by Crippen LogP contribution is 2.27. The predicted octanol–water partition coefficient (Wildman–Crippen LogP) is 2.42. The number of carbonyl (C=O) groups is 1. The van der Waals surface area contributed by atoms with Gasteiger partial charge < -0.3 is 14.2 Å². The summed E-state index contributed by atoms with van der Waals surface area (Å²) >= 11 is 0. The lowest BCUT2D eigenvalue weighted by Gasteiger charge is -2.35. The molecule has 0 aliphatic carbocycles. The number of nitrogens with zero attached hydrogens (tertiary/aromatic N) is 4. The Bertz CT molecular complexity index is 768. The van der Waals surface area contributed by atoms with Crippen molar-refractivity contribution in [3.8, 4) is 0 Å². The van der Waals surface area contributed by atoms with Crippen molar-refractivity contribution < 1.29 is 9.53 Å². The van der Waals surface area contributed by atoms with Gasteiger partial charge in [-0.1, -0.05) is 30.3 Å². The molecule has 2 aliphatic heterocycles. The number of carbonyl (C=O) groups excluding carboxylic acids is 1. The number of piperidine rings is 1. The first-order chi connectivity index (χ1) is 13.7. The van der Waals surface area contributed by atoms with Crippen LogP contribution in [0.4, 0.5) is 0 Å². The van der Waals surface area contributed by atoms with Gasteiger partial charge >= 0.3 is 0 Å². The highest BCUT2D eigenvalue weighted by Gasteiger charge is 2.29. The zero-order valence-corrected chi connectivity index (χ0v) is 16.7. The van der Waals surface area contributed by atoms with Crippen LogP contribution in [0.1, 0.15) is 36.6 Å². The summed E-state index contributed by atoms with van der Waals surface area (Å²) in [6.45, 7) is 5.00. The van der Waals surface area contributed by atoms with Crippen LogP contribution in [0, 0.1) is 0 Å². The van der Waals surface area contributed by atoms with E-state index in [9.17, 15) is 4.79 Å². The van der Waals surface area contributed by atoms with E-state index < -0.39 is 0 Å². The van der Waals surface area contributed by atoms with Crippen LogP contribution >= 0.6 is 0 Å². The van der Waals surface area contributed by atoms with Gasteiger partial charge in [0.1, 0.15) is 5.82 Å². The fourth-order valence-electron chi connectivity index (χ4n) is 4.37. The minimum absolute atomic E-state index is 0.00257. The average Bonchev–Trinajstić information content (AvgIpc) is 3.15. The van der Waals surface area contributed by atoms with Crippen LogP contribution in [0.25, 0.3) is 0 Å². The van der Waals surface area contributed by atoms with Crippen molar-refractivity contribution in [3.63, 3.8) is 0 Å². The Morgan fingerprint density at radius 3 is 2.68 bits per heavy atom. The zero-order valence-electron chi connectivity index (χ0n) is 16.7. The van der Waals surface area contributed by atoms with Gasteiger partial charge in [-0.05, 0) is 18.4 Å². The molecule has 4 rings (SSSR count). The van der Waals surface area contributed by atoms with Crippen molar-refractivity contribution in [2.45, 2.75) is 37.8 Å². The predicted molar refractivity (Wildman–Crippen MR) is 108 cm³/mol. The van der Waals surface area contributed by atoms with Gasteiger partial charge in [0.15, 0.2) is 0 Å². The maximum absolute atomic E-state index is 12.8. The van der Waals surface area contributed by atoms with E-state index in [-0.39, 0.29) is 12.0 Å². The molecule has 1 aromatic heterocycles. The fourth-order valence-corrected chi connectivity index (χ4v) is 4.37. The molecule has 0 saturated carbocycles. The second-order valence-electron chi connectivity index (χ2n) is 7.97. The van der Waals surface area contributed by atoms with E-state index in [1.807, 2.05) is 30.4 Å². The molecule has 6 heteroatoms. The molecule has 2 saturated heterocycles. The molecule has 0 radical (unpaired) electrons. The molecule has 28 heavy (non-hydrogen) atoms. The summed E-state index contributed by atoms with van der Waals surface area (Å²) in [6.07, 6.45) is 6.31. The molecular weight excluding hydrogens is 352 g/mol. The lowest BCUT2D eigenvalue weighted by atomic mass is 9.95. The maximum atomic E-state index is 12.8. The van der Waals surface area contributed by atoms with Crippen molar-refractivity contribution in [2.24, 2.45) is 7.05 Å². The second kappa shape index (κ2) is 8.88. The molecule has 1 atom stereocenters. The molecule has 150 valence electrons. The van der Waals surface area contributed by atoms with Crippen LogP contribution in [0.2, 0.25) is 0 Å². The van der Waals surface area contributed by atoms with Gasteiger partial charge in [0.25, 0.3) is 0 Å². The Morgan fingerprint density at radius 2 is 1.96 bits per heavy atom. The Labute approximate surface area is 167 Å². The van der Waals surface area contributed by atoms with Gasteiger partial charge in [-0.25, -0.2) is 4.98 Å². The first kappa shape index (κ1) is 19.2. The minimum Gasteiger partial charge on any atom is -0.375 e. The van der Waals surface area contributed by atoms with Gasteiger partial charge in [0.05, 0.1) is 19.1 Å². The van der Waals surface area contributed by atoms with E-state index in [1.54, 1.807) is 0 Å². The first-order valence-electron chi connectivity index (χ1n) is 10.3. The molecule has 2 aliphatic rings. The van der Waals surface area contributed by atoms with Gasteiger partial charge in [0.2, 0.25) is 5.91 Å². The van der Waals surface area contributed by atoms with E-state index in [0.29, 0.717) is 18.9 Å². The number of amides is 1. The Balaban J connectivity index is 1.25. The van der Waals surface area contributed by atoms with Crippen LogP contribution in [0.5, 0.6) is 0 Å². The molecule has 2 fully saturated rings. The third-order valence-corrected chi connectivity index (χ3v) is 5.95. The summed E-state index contributed by atoms with van der Waals surface area (Å²) in [7, 11) is 2.04. The Morgan fingerprint density at radius 1 is 1.18 bits per heavy atom. The van der Waals surface area contributed by atoms with Gasteiger partial charge in [0, 0.05) is 58.1 Å². The number of imidazole rings is 1. The smallest absolute Gasteiger partial charge is 0.225 e. The molecule has 0 bridgehead atoms. The van der Waals surface area contributed by atoms with Crippen molar-refractivity contribution >= 4 is 5.91 Å². The van der Waals surface area contributed by atoms with Crippen LogP contribution in [0.3, 0.4) is 0 Å². The lowest BCUT2D eigenvalue weighted by Crippen LogP contribution is -2.46. The van der Waals surface area contributed by atoms with Crippen LogP contribution in [0.15, 0.2) is 42.7 Å². The Hall–Kier alpha value is -2.18. The molecular formula is C22H30N4O2. The SMILES string of the molecule is Cn1ccnc1C1CCN(C(=O)CC2CN(Cc3ccccc3)CCO2)CC1. The number of hydrogen-bond acceptors (Lipinski definition) is 4. The third-order valence-electron chi connectivity index (χ3n) is 5.95. The summed E-state index contributed by atoms with van der Waals surface area (Å²) < 4.78 is 8.00. The summed E-state index contributed by atoms with van der Waals surface area (Å²) in [5, 5.41) is 0. The molecule has 2 aromatic rings. The van der Waals surface area contributed by atoms with Crippen molar-refractivity contribution in [2.75, 3.05) is 32.8 Å². The van der Waals surface area contributed by atoms with E-state index >= 15 is 0 Å². The quantitative estimate of drug-likeness (QED) is 0.797. The van der Waals surface area contributed by atoms with E-state index in [2.05, 4.69) is 38.7 Å². The molecule has 0 spiro atoms. The van der Waals surface area contributed by atoms with E-state index in [0.717, 1.165) is 51.4 Å². The Kier molecular flexibility index (Phi) is 6.07. The zero-order chi connectivity index (χ0) is 19.3. The number of aromatic nitrogens is 2. The highest BCUT2D eigenvalue weighted by atomic mass is 16.5. The lowest BCUT2D eigenvalue weighted by molar-refractivity contribution is -0.137. The standard InChI is InChI=1S/C22H30N4O2/c1-24-12-9-23-22(24)19-7-10-26(11-8-19)21(27)15-20-17-25(13-14-28-20)16-18-5-3-2-4-6-18/h2-6,9,12,19-20H,7-8,10-11,13-17H2,1H3. The van der Waals surface area contributed by atoms with E-state index in [1.165, 1.54) is 5.56 Å². The summed E-state index contributed by atoms with van der Waals surface area (Å²) in [5.74, 6) is 1.82. The minimum atomic E-state index is -0.00257. The summed E-state index contributed by atoms with van der Waals surface area (Å²) in [5.41, 5.74) is 1.31. The van der Waals surface area contributed by atoms with Gasteiger partial charge in [-0.2, -0.15) is 0 Å². The number of hydrogen-bond donors (Lipinski definition) is 0. The largest absolute Gasteiger partial charge is 0.375 e. The molecule has 1 unspecified atom stereocenters.